The van der Waals surface area contributed by atoms with Gasteiger partial charge in [-0.2, -0.15) is 4.98 Å². The predicted molar refractivity (Wildman–Crippen MR) is 103 cm³/mol. The SMILES string of the molecule is CN(C)c1nc2c(c(N(C)C)n1)CCN(C(=O)[C@@H]1NCCc3[nH]cnc31)C2. The quantitative estimate of drug-likeness (QED) is 0.792. The molecule has 2 aliphatic heterocycles. The van der Waals surface area contributed by atoms with Crippen molar-refractivity contribution >= 4 is 17.7 Å². The number of amides is 1. The molecule has 0 aliphatic carbocycles. The molecule has 0 bridgehead atoms. The van der Waals surface area contributed by atoms with E-state index in [1.807, 2.05) is 42.9 Å². The standard InChI is InChI=1S/C18H26N8O/c1-24(2)16-11-6-8-26(9-13(11)22-18(23-16)25(3)4)17(27)15-14-12(5-7-19-15)20-10-21-14/h10,15,19H,5-9H2,1-4H3,(H,20,21)/t15-/m1/s1. The molecule has 4 rings (SSSR count). The van der Waals surface area contributed by atoms with Crippen LogP contribution in [-0.2, 0) is 24.2 Å². The van der Waals surface area contributed by atoms with Crippen LogP contribution in [0.15, 0.2) is 6.33 Å². The number of rotatable bonds is 3. The van der Waals surface area contributed by atoms with Gasteiger partial charge in [-0.1, -0.05) is 0 Å². The van der Waals surface area contributed by atoms with Crippen molar-refractivity contribution in [1.29, 1.82) is 0 Å². The Bertz CT molecular complexity index is 859. The molecule has 27 heavy (non-hydrogen) atoms. The normalized spacial score (nSPS) is 18.7. The summed E-state index contributed by atoms with van der Waals surface area (Å²) in [6.45, 7) is 1.93. The van der Waals surface area contributed by atoms with Gasteiger partial charge in [0, 0.05) is 59.0 Å². The first-order valence-corrected chi connectivity index (χ1v) is 9.24. The van der Waals surface area contributed by atoms with Crippen LogP contribution in [0.4, 0.5) is 11.8 Å². The molecule has 9 nitrogen and oxygen atoms in total. The van der Waals surface area contributed by atoms with Crippen LogP contribution in [0.2, 0.25) is 0 Å². The molecule has 0 unspecified atom stereocenters. The van der Waals surface area contributed by atoms with Crippen molar-refractivity contribution in [2.75, 3.05) is 51.1 Å². The zero-order chi connectivity index (χ0) is 19.1. The summed E-state index contributed by atoms with van der Waals surface area (Å²) in [5, 5.41) is 3.32. The fourth-order valence-electron chi connectivity index (χ4n) is 3.76. The van der Waals surface area contributed by atoms with Crippen molar-refractivity contribution in [1.82, 2.24) is 30.2 Å². The average molecular weight is 370 g/mol. The molecular formula is C18H26N8O. The fraction of sp³-hybridized carbons (Fsp3) is 0.556. The van der Waals surface area contributed by atoms with E-state index in [-0.39, 0.29) is 11.9 Å². The third kappa shape index (κ3) is 3.12. The summed E-state index contributed by atoms with van der Waals surface area (Å²) in [4.78, 5) is 35.9. The summed E-state index contributed by atoms with van der Waals surface area (Å²) in [6.07, 6.45) is 3.29. The lowest BCUT2D eigenvalue weighted by molar-refractivity contribution is -0.134. The number of aromatic nitrogens is 4. The molecule has 2 aromatic heterocycles. The van der Waals surface area contributed by atoms with Gasteiger partial charge in [-0.15, -0.1) is 0 Å². The Morgan fingerprint density at radius 3 is 2.74 bits per heavy atom. The number of anilines is 2. The second kappa shape index (κ2) is 6.80. The molecule has 0 fully saturated rings. The summed E-state index contributed by atoms with van der Waals surface area (Å²) in [5.41, 5.74) is 3.93. The molecule has 4 heterocycles. The minimum Gasteiger partial charge on any atom is -0.362 e. The van der Waals surface area contributed by atoms with E-state index < -0.39 is 0 Å². The number of hydrogen-bond acceptors (Lipinski definition) is 7. The van der Waals surface area contributed by atoms with Crippen LogP contribution in [0.5, 0.6) is 0 Å². The molecule has 2 aromatic rings. The minimum atomic E-state index is -0.384. The second-order valence-corrected chi connectivity index (χ2v) is 7.47. The van der Waals surface area contributed by atoms with Gasteiger partial charge >= 0.3 is 0 Å². The van der Waals surface area contributed by atoms with Crippen molar-refractivity contribution in [3.63, 3.8) is 0 Å². The van der Waals surface area contributed by atoms with Gasteiger partial charge in [0.1, 0.15) is 11.9 Å². The molecule has 2 N–H and O–H groups in total. The largest absolute Gasteiger partial charge is 0.362 e. The molecular weight excluding hydrogens is 344 g/mol. The highest BCUT2D eigenvalue weighted by Crippen LogP contribution is 2.29. The predicted octanol–water partition coefficient (Wildman–Crippen LogP) is 0.103. The zero-order valence-corrected chi connectivity index (χ0v) is 16.3. The molecule has 0 spiro atoms. The molecule has 9 heteroatoms. The number of nitrogens with one attached hydrogen (secondary N) is 2. The monoisotopic (exact) mass is 370 g/mol. The molecule has 144 valence electrons. The number of nitrogens with zero attached hydrogens (tertiary/aromatic N) is 6. The second-order valence-electron chi connectivity index (χ2n) is 7.47. The number of fused-ring (bicyclic) bond motifs is 2. The number of imidazole rings is 1. The first-order valence-electron chi connectivity index (χ1n) is 9.24. The minimum absolute atomic E-state index is 0.0603. The summed E-state index contributed by atoms with van der Waals surface area (Å²) in [7, 11) is 7.84. The molecule has 1 atom stereocenters. The first-order chi connectivity index (χ1) is 13.0. The van der Waals surface area contributed by atoms with Gasteiger partial charge in [-0.3, -0.25) is 4.79 Å². The van der Waals surface area contributed by atoms with Gasteiger partial charge < -0.3 is 25.0 Å². The Kier molecular flexibility index (Phi) is 4.47. The first kappa shape index (κ1) is 17.7. The lowest BCUT2D eigenvalue weighted by Crippen LogP contribution is -2.46. The molecule has 0 saturated heterocycles. The van der Waals surface area contributed by atoms with Crippen molar-refractivity contribution < 1.29 is 4.79 Å². The zero-order valence-electron chi connectivity index (χ0n) is 16.3. The van der Waals surface area contributed by atoms with E-state index >= 15 is 0 Å². The van der Waals surface area contributed by atoms with Crippen molar-refractivity contribution in [2.24, 2.45) is 0 Å². The maximum Gasteiger partial charge on any atom is 0.246 e. The maximum absolute atomic E-state index is 13.2. The van der Waals surface area contributed by atoms with E-state index in [0.29, 0.717) is 19.0 Å². The number of hydrogen-bond donors (Lipinski definition) is 2. The average Bonchev–Trinajstić information content (AvgIpc) is 3.14. The van der Waals surface area contributed by atoms with Gasteiger partial charge in [0.05, 0.1) is 24.3 Å². The third-order valence-electron chi connectivity index (χ3n) is 5.16. The van der Waals surface area contributed by atoms with Crippen LogP contribution < -0.4 is 15.1 Å². The highest BCUT2D eigenvalue weighted by molar-refractivity contribution is 5.83. The van der Waals surface area contributed by atoms with Crippen LogP contribution in [0.25, 0.3) is 0 Å². The highest BCUT2D eigenvalue weighted by Gasteiger charge is 2.34. The van der Waals surface area contributed by atoms with E-state index in [9.17, 15) is 4.79 Å². The van der Waals surface area contributed by atoms with Gasteiger partial charge in [-0.25, -0.2) is 9.97 Å². The van der Waals surface area contributed by atoms with Gasteiger partial charge in [0.25, 0.3) is 0 Å². The van der Waals surface area contributed by atoms with Crippen LogP contribution in [0.1, 0.15) is 28.7 Å². The van der Waals surface area contributed by atoms with E-state index in [2.05, 4.69) is 20.3 Å². The molecule has 0 radical (unpaired) electrons. The summed E-state index contributed by atoms with van der Waals surface area (Å²) in [5.74, 6) is 1.66. The Balaban J connectivity index is 1.63. The van der Waals surface area contributed by atoms with Crippen molar-refractivity contribution in [2.45, 2.75) is 25.4 Å². The van der Waals surface area contributed by atoms with Crippen molar-refractivity contribution in [3.8, 4) is 0 Å². The van der Waals surface area contributed by atoms with Gasteiger partial charge in [0.15, 0.2) is 0 Å². The Morgan fingerprint density at radius 2 is 2.00 bits per heavy atom. The molecule has 0 aromatic carbocycles. The van der Waals surface area contributed by atoms with Crippen molar-refractivity contribution in [3.05, 3.63) is 29.0 Å². The number of H-pyrrole nitrogens is 1. The molecule has 0 saturated carbocycles. The van der Waals surface area contributed by atoms with E-state index in [4.69, 9.17) is 4.98 Å². The molecule has 1 amide bonds. The Morgan fingerprint density at radius 1 is 1.19 bits per heavy atom. The van der Waals surface area contributed by atoms with Gasteiger partial charge in [-0.05, 0) is 6.42 Å². The smallest absolute Gasteiger partial charge is 0.246 e. The summed E-state index contributed by atoms with van der Waals surface area (Å²) in [6, 6.07) is -0.384. The number of carbonyl (C=O) groups is 1. The lowest BCUT2D eigenvalue weighted by Gasteiger charge is -2.34. The topological polar surface area (TPSA) is 93.3 Å². The Hall–Kier alpha value is -2.68. The molecule has 2 aliphatic rings. The highest BCUT2D eigenvalue weighted by atomic mass is 16.2. The van der Waals surface area contributed by atoms with Crippen LogP contribution in [0.3, 0.4) is 0 Å². The van der Waals surface area contributed by atoms with E-state index in [1.54, 1.807) is 6.33 Å². The maximum atomic E-state index is 13.2. The number of aromatic amines is 1. The van der Waals surface area contributed by atoms with Crippen LogP contribution >= 0.6 is 0 Å². The summed E-state index contributed by atoms with van der Waals surface area (Å²) >= 11 is 0. The Labute approximate surface area is 158 Å². The van der Waals surface area contributed by atoms with Crippen LogP contribution in [0, 0.1) is 0 Å². The lowest BCUT2D eigenvalue weighted by atomic mass is 10.0. The third-order valence-corrected chi connectivity index (χ3v) is 5.16. The van der Waals surface area contributed by atoms with E-state index in [1.165, 1.54) is 0 Å². The van der Waals surface area contributed by atoms with E-state index in [0.717, 1.165) is 47.8 Å². The van der Waals surface area contributed by atoms with Gasteiger partial charge in [0.2, 0.25) is 11.9 Å². The fourth-order valence-corrected chi connectivity index (χ4v) is 3.76. The number of carbonyl (C=O) groups excluding carboxylic acids is 1. The van der Waals surface area contributed by atoms with Crippen LogP contribution in [-0.4, -0.2) is 72.0 Å². The summed E-state index contributed by atoms with van der Waals surface area (Å²) < 4.78 is 0.